The van der Waals surface area contributed by atoms with Crippen molar-refractivity contribution in [2.75, 3.05) is 11.5 Å². The molecule has 2 rings (SSSR count). The molecule has 0 fully saturated rings. The second-order valence-electron chi connectivity index (χ2n) is 4.18. The third kappa shape index (κ3) is 2.74. The number of nitrogens with two attached hydrogens (primary N) is 2. The van der Waals surface area contributed by atoms with Gasteiger partial charge < -0.3 is 11.5 Å². The van der Waals surface area contributed by atoms with E-state index in [0.29, 0.717) is 0 Å². The van der Waals surface area contributed by atoms with Gasteiger partial charge in [-0.2, -0.15) is 0 Å². The molecule has 0 atom stereocenters. The van der Waals surface area contributed by atoms with E-state index in [9.17, 15) is 0 Å². The van der Waals surface area contributed by atoms with Gasteiger partial charge in [-0.05, 0) is 49.2 Å². The summed E-state index contributed by atoms with van der Waals surface area (Å²) in [5, 5.41) is 0. The molecule has 0 amide bonds. The second kappa shape index (κ2) is 4.72. The Labute approximate surface area is 106 Å². The highest BCUT2D eigenvalue weighted by atomic mass is 32.2. The molecule has 0 unspecified atom stereocenters. The molecule has 2 aromatic rings. The summed E-state index contributed by atoms with van der Waals surface area (Å²) in [5.74, 6) is 0. The zero-order valence-electron chi connectivity index (χ0n) is 10.0. The van der Waals surface area contributed by atoms with E-state index in [1.165, 1.54) is 11.1 Å². The average molecular weight is 244 g/mol. The smallest absolute Gasteiger partial charge is 0.0458 e. The molecule has 2 aromatic carbocycles. The molecule has 0 aromatic heterocycles. The van der Waals surface area contributed by atoms with Gasteiger partial charge in [0, 0.05) is 21.2 Å². The van der Waals surface area contributed by atoms with Crippen molar-refractivity contribution in [1.82, 2.24) is 0 Å². The van der Waals surface area contributed by atoms with E-state index in [2.05, 4.69) is 12.1 Å². The molecule has 0 radical (unpaired) electrons. The third-order valence-electron chi connectivity index (χ3n) is 2.55. The second-order valence-corrected chi connectivity index (χ2v) is 5.27. The number of aryl methyl sites for hydroxylation is 2. The minimum atomic E-state index is 0.801. The number of rotatable bonds is 2. The lowest BCUT2D eigenvalue weighted by atomic mass is 10.2. The van der Waals surface area contributed by atoms with E-state index < -0.39 is 0 Å². The summed E-state index contributed by atoms with van der Waals surface area (Å²) in [4.78, 5) is 2.09. The summed E-state index contributed by atoms with van der Waals surface area (Å²) in [6.07, 6.45) is 0. The van der Waals surface area contributed by atoms with Gasteiger partial charge in [-0.25, -0.2) is 0 Å². The largest absolute Gasteiger partial charge is 0.398 e. The van der Waals surface area contributed by atoms with Crippen molar-refractivity contribution in [3.05, 3.63) is 47.5 Å². The predicted molar refractivity (Wildman–Crippen MR) is 75.3 cm³/mol. The molecule has 0 saturated heterocycles. The molecule has 17 heavy (non-hydrogen) atoms. The van der Waals surface area contributed by atoms with Crippen LogP contribution in [0.4, 0.5) is 11.4 Å². The first-order chi connectivity index (χ1) is 8.06. The molecule has 0 spiro atoms. The van der Waals surface area contributed by atoms with Crippen molar-refractivity contribution in [2.24, 2.45) is 0 Å². The topological polar surface area (TPSA) is 52.0 Å². The summed E-state index contributed by atoms with van der Waals surface area (Å²) in [7, 11) is 0. The Morgan fingerprint density at radius 2 is 1.18 bits per heavy atom. The quantitative estimate of drug-likeness (QED) is 0.793. The van der Waals surface area contributed by atoms with Crippen molar-refractivity contribution in [1.29, 1.82) is 0 Å². The maximum absolute atomic E-state index is 5.99. The Bertz CT molecular complexity index is 500. The van der Waals surface area contributed by atoms with Crippen LogP contribution in [0.2, 0.25) is 0 Å². The molecule has 0 aliphatic rings. The predicted octanol–water partition coefficient (Wildman–Crippen LogP) is 3.62. The van der Waals surface area contributed by atoms with Crippen LogP contribution in [0.5, 0.6) is 0 Å². The van der Waals surface area contributed by atoms with Gasteiger partial charge in [-0.15, -0.1) is 0 Å². The fourth-order valence-corrected chi connectivity index (χ4v) is 2.50. The van der Waals surface area contributed by atoms with Gasteiger partial charge in [0.25, 0.3) is 0 Å². The normalized spacial score (nSPS) is 10.5. The molecule has 3 heteroatoms. The molecule has 0 heterocycles. The Morgan fingerprint density at radius 3 is 1.53 bits per heavy atom. The molecule has 0 saturated carbocycles. The molecular formula is C14H16N2S. The molecule has 0 bridgehead atoms. The average Bonchev–Trinajstić information content (AvgIpc) is 2.25. The monoisotopic (exact) mass is 244 g/mol. The van der Waals surface area contributed by atoms with Crippen molar-refractivity contribution in [2.45, 2.75) is 23.6 Å². The Hall–Kier alpha value is -1.61. The lowest BCUT2D eigenvalue weighted by Crippen LogP contribution is -1.92. The van der Waals surface area contributed by atoms with E-state index in [1.807, 2.05) is 38.1 Å². The SMILES string of the molecule is Cc1ccc(Sc2ccc(C)cc2N)c(N)c1. The fourth-order valence-electron chi connectivity index (χ4n) is 1.64. The number of anilines is 2. The molecule has 88 valence electrons. The van der Waals surface area contributed by atoms with Gasteiger partial charge in [-0.1, -0.05) is 23.9 Å². The highest BCUT2D eigenvalue weighted by Gasteiger charge is 2.05. The summed E-state index contributed by atoms with van der Waals surface area (Å²) >= 11 is 1.61. The van der Waals surface area contributed by atoms with E-state index in [1.54, 1.807) is 11.8 Å². The standard InChI is InChI=1S/C14H16N2S/c1-9-3-5-13(11(15)7-9)17-14-6-4-10(2)8-12(14)16/h3-8H,15-16H2,1-2H3. The minimum absolute atomic E-state index is 0.801. The first kappa shape index (κ1) is 11.9. The molecule has 2 nitrogen and oxygen atoms in total. The Balaban J connectivity index is 2.31. The number of hydrogen-bond acceptors (Lipinski definition) is 3. The van der Waals surface area contributed by atoms with Crippen LogP contribution in [0, 0.1) is 13.8 Å². The highest BCUT2D eigenvalue weighted by Crippen LogP contribution is 2.35. The molecule has 0 aliphatic carbocycles. The van der Waals surface area contributed by atoms with Gasteiger partial charge in [0.2, 0.25) is 0 Å². The van der Waals surface area contributed by atoms with Crippen LogP contribution in [0.15, 0.2) is 46.2 Å². The van der Waals surface area contributed by atoms with Crippen LogP contribution in [-0.2, 0) is 0 Å². The maximum Gasteiger partial charge on any atom is 0.0458 e. The van der Waals surface area contributed by atoms with Gasteiger partial charge in [0.15, 0.2) is 0 Å². The third-order valence-corrected chi connectivity index (χ3v) is 3.73. The minimum Gasteiger partial charge on any atom is -0.398 e. The van der Waals surface area contributed by atoms with Crippen LogP contribution < -0.4 is 11.5 Å². The van der Waals surface area contributed by atoms with Crippen LogP contribution in [0.3, 0.4) is 0 Å². The van der Waals surface area contributed by atoms with Gasteiger partial charge in [-0.3, -0.25) is 0 Å². The molecular weight excluding hydrogens is 228 g/mol. The highest BCUT2D eigenvalue weighted by molar-refractivity contribution is 7.99. The van der Waals surface area contributed by atoms with Crippen molar-refractivity contribution in [3.8, 4) is 0 Å². The number of hydrogen-bond donors (Lipinski definition) is 2. The van der Waals surface area contributed by atoms with Gasteiger partial charge in [0.05, 0.1) is 0 Å². The zero-order valence-corrected chi connectivity index (χ0v) is 10.8. The summed E-state index contributed by atoms with van der Waals surface area (Å²) in [5.41, 5.74) is 15.9. The molecule has 0 aliphatic heterocycles. The fraction of sp³-hybridized carbons (Fsp3) is 0.143. The van der Waals surface area contributed by atoms with Crippen molar-refractivity contribution < 1.29 is 0 Å². The number of nitrogen functional groups attached to an aromatic ring is 2. The van der Waals surface area contributed by atoms with Crippen molar-refractivity contribution >= 4 is 23.1 Å². The van der Waals surface area contributed by atoms with E-state index >= 15 is 0 Å². The first-order valence-electron chi connectivity index (χ1n) is 5.46. The first-order valence-corrected chi connectivity index (χ1v) is 6.28. The molecule has 4 N–H and O–H groups in total. The summed E-state index contributed by atoms with van der Waals surface area (Å²) in [6, 6.07) is 12.1. The van der Waals surface area contributed by atoms with Gasteiger partial charge in [0.1, 0.15) is 0 Å². The maximum atomic E-state index is 5.99. The summed E-state index contributed by atoms with van der Waals surface area (Å²) < 4.78 is 0. The van der Waals surface area contributed by atoms with Crippen LogP contribution in [0.25, 0.3) is 0 Å². The van der Waals surface area contributed by atoms with E-state index in [4.69, 9.17) is 11.5 Å². The van der Waals surface area contributed by atoms with Gasteiger partial charge >= 0.3 is 0 Å². The van der Waals surface area contributed by atoms with Crippen molar-refractivity contribution in [3.63, 3.8) is 0 Å². The van der Waals surface area contributed by atoms with Crippen LogP contribution in [0.1, 0.15) is 11.1 Å². The van der Waals surface area contributed by atoms with E-state index in [-0.39, 0.29) is 0 Å². The summed E-state index contributed by atoms with van der Waals surface area (Å²) in [6.45, 7) is 4.07. The lowest BCUT2D eigenvalue weighted by molar-refractivity contribution is 1.35. The Morgan fingerprint density at radius 1 is 0.765 bits per heavy atom. The van der Waals surface area contributed by atoms with Crippen LogP contribution in [-0.4, -0.2) is 0 Å². The zero-order chi connectivity index (χ0) is 12.4. The Kier molecular flexibility index (Phi) is 3.29. The van der Waals surface area contributed by atoms with E-state index in [0.717, 1.165) is 21.2 Å². The van der Waals surface area contributed by atoms with Crippen LogP contribution >= 0.6 is 11.8 Å². The number of benzene rings is 2. The lowest BCUT2D eigenvalue weighted by Gasteiger charge is -2.09.